The molecule has 1 aliphatic rings. The first-order valence-corrected chi connectivity index (χ1v) is 5.76. The van der Waals surface area contributed by atoms with Gasteiger partial charge >= 0.3 is 5.97 Å². The lowest BCUT2D eigenvalue weighted by Crippen LogP contribution is -2.64. The zero-order valence-corrected chi connectivity index (χ0v) is 10.7. The fourth-order valence-electron chi connectivity index (χ4n) is 1.83. The van der Waals surface area contributed by atoms with Crippen molar-refractivity contribution in [2.24, 2.45) is 0 Å². The van der Waals surface area contributed by atoms with E-state index in [4.69, 9.17) is 19.7 Å². The predicted octanol–water partition coefficient (Wildman–Crippen LogP) is -2.46. The van der Waals surface area contributed by atoms with E-state index in [1.807, 2.05) is 0 Å². The number of hydrogen-bond acceptors (Lipinski definition) is 7. The van der Waals surface area contributed by atoms with E-state index in [0.29, 0.717) is 0 Å². The molecule has 0 spiro atoms. The van der Waals surface area contributed by atoms with Crippen molar-refractivity contribution >= 4 is 11.9 Å². The van der Waals surface area contributed by atoms with E-state index in [1.165, 1.54) is 6.92 Å². The molecule has 9 nitrogen and oxygen atoms in total. The Labute approximate surface area is 114 Å². The highest BCUT2D eigenvalue weighted by Crippen LogP contribution is 2.24. The Morgan fingerprint density at radius 3 is 2.45 bits per heavy atom. The van der Waals surface area contributed by atoms with Crippen LogP contribution in [0.4, 0.5) is 0 Å². The number of rotatable bonds is 5. The molecule has 0 radical (unpaired) electrons. The normalized spacial score (nSPS) is 33.3. The van der Waals surface area contributed by atoms with Crippen LogP contribution in [0.3, 0.4) is 0 Å². The van der Waals surface area contributed by atoms with Crippen LogP contribution >= 0.6 is 0 Å². The maximum Gasteiger partial charge on any atom is 0.370 e. The van der Waals surface area contributed by atoms with Crippen LogP contribution in [0.5, 0.6) is 0 Å². The number of nitrogens with one attached hydrogen (secondary N) is 1. The largest absolute Gasteiger partial charge is 0.478 e. The summed E-state index contributed by atoms with van der Waals surface area (Å²) in [5.74, 6) is -2.67. The summed E-state index contributed by atoms with van der Waals surface area (Å²) in [6.45, 7) is 3.69. The standard InChI is InChI=1S/C11H17NO8/c1-4(10(16)17)19-9-7(12-5(2)14)11(18)20-6(3-13)8(9)15/h6-9,11,13,15,18H,1,3H2,2H3,(H,12,14)(H,16,17)/t6-,7-,8-,9-,11?/m1/s1. The highest BCUT2D eigenvalue weighted by atomic mass is 16.6. The average Bonchev–Trinajstić information content (AvgIpc) is 2.36. The monoisotopic (exact) mass is 291 g/mol. The second-order valence-electron chi connectivity index (χ2n) is 4.28. The van der Waals surface area contributed by atoms with Crippen molar-refractivity contribution in [2.45, 2.75) is 37.6 Å². The van der Waals surface area contributed by atoms with Crippen LogP contribution in [0.2, 0.25) is 0 Å². The van der Waals surface area contributed by atoms with Gasteiger partial charge in [0.1, 0.15) is 18.2 Å². The van der Waals surface area contributed by atoms with Crippen LogP contribution in [0, 0.1) is 0 Å². The highest BCUT2D eigenvalue weighted by molar-refractivity contribution is 5.83. The smallest absolute Gasteiger partial charge is 0.370 e. The van der Waals surface area contributed by atoms with Gasteiger partial charge in [-0.05, 0) is 6.58 Å². The lowest BCUT2D eigenvalue weighted by Gasteiger charge is -2.42. The molecule has 1 rings (SSSR count). The molecule has 0 saturated carbocycles. The van der Waals surface area contributed by atoms with Gasteiger partial charge in [0, 0.05) is 6.92 Å². The zero-order valence-electron chi connectivity index (χ0n) is 10.7. The number of carbonyl (C=O) groups is 2. The van der Waals surface area contributed by atoms with E-state index < -0.39 is 54.9 Å². The van der Waals surface area contributed by atoms with Gasteiger partial charge in [-0.3, -0.25) is 4.79 Å². The third kappa shape index (κ3) is 3.67. The summed E-state index contributed by atoms with van der Waals surface area (Å²) < 4.78 is 9.89. The van der Waals surface area contributed by atoms with E-state index >= 15 is 0 Å². The number of hydrogen-bond donors (Lipinski definition) is 5. The topological polar surface area (TPSA) is 146 Å². The van der Waals surface area contributed by atoms with Crippen molar-refractivity contribution in [1.82, 2.24) is 5.32 Å². The summed E-state index contributed by atoms with van der Waals surface area (Å²) in [6.07, 6.45) is -5.55. The molecule has 20 heavy (non-hydrogen) atoms. The van der Waals surface area contributed by atoms with Crippen LogP contribution in [0.25, 0.3) is 0 Å². The number of carboxylic acid groups (broad SMARTS) is 1. The van der Waals surface area contributed by atoms with Gasteiger partial charge in [0.15, 0.2) is 18.2 Å². The Morgan fingerprint density at radius 2 is 2.00 bits per heavy atom. The minimum Gasteiger partial charge on any atom is -0.478 e. The Balaban J connectivity index is 2.95. The van der Waals surface area contributed by atoms with E-state index in [1.54, 1.807) is 0 Å². The molecule has 9 heteroatoms. The summed E-state index contributed by atoms with van der Waals surface area (Å²) in [4.78, 5) is 21.8. The van der Waals surface area contributed by atoms with E-state index in [9.17, 15) is 19.8 Å². The minimum atomic E-state index is -1.58. The van der Waals surface area contributed by atoms with Crippen molar-refractivity contribution in [3.63, 3.8) is 0 Å². The zero-order chi connectivity index (χ0) is 15.4. The molecular weight excluding hydrogens is 274 g/mol. The maximum atomic E-state index is 11.1. The second kappa shape index (κ2) is 6.66. The SMILES string of the molecule is C=C(O[C@H]1[C@H](O)[C@@H](CO)OC(O)[C@@H]1NC(C)=O)C(=O)O. The summed E-state index contributed by atoms with van der Waals surface area (Å²) in [5, 5.41) is 39.7. The van der Waals surface area contributed by atoms with Crippen LogP contribution < -0.4 is 5.32 Å². The lowest BCUT2D eigenvalue weighted by atomic mass is 9.96. The fourth-order valence-corrected chi connectivity index (χ4v) is 1.83. The molecule has 1 amide bonds. The third-order valence-electron chi connectivity index (χ3n) is 2.76. The fraction of sp³-hybridized carbons (Fsp3) is 0.636. The average molecular weight is 291 g/mol. The summed E-state index contributed by atoms with van der Waals surface area (Å²) >= 11 is 0. The second-order valence-corrected chi connectivity index (χ2v) is 4.28. The molecule has 1 saturated heterocycles. The van der Waals surface area contributed by atoms with Crippen LogP contribution in [-0.2, 0) is 19.1 Å². The lowest BCUT2D eigenvalue weighted by molar-refractivity contribution is -0.256. The molecule has 0 aromatic heterocycles. The van der Waals surface area contributed by atoms with E-state index in [-0.39, 0.29) is 0 Å². The van der Waals surface area contributed by atoms with Crippen molar-refractivity contribution in [3.05, 3.63) is 12.3 Å². The van der Waals surface area contributed by atoms with E-state index in [0.717, 1.165) is 0 Å². The van der Waals surface area contributed by atoms with Gasteiger partial charge in [-0.15, -0.1) is 0 Å². The molecule has 0 aromatic rings. The van der Waals surface area contributed by atoms with Crippen molar-refractivity contribution in [2.75, 3.05) is 6.61 Å². The van der Waals surface area contributed by atoms with Gasteiger partial charge < -0.3 is 35.2 Å². The quantitative estimate of drug-likeness (QED) is 0.277. The number of aliphatic hydroxyl groups is 3. The summed E-state index contributed by atoms with van der Waals surface area (Å²) in [7, 11) is 0. The Morgan fingerprint density at radius 1 is 1.40 bits per heavy atom. The number of aliphatic hydroxyl groups excluding tert-OH is 3. The van der Waals surface area contributed by atoms with Crippen LogP contribution in [0.15, 0.2) is 12.3 Å². The van der Waals surface area contributed by atoms with Gasteiger partial charge in [-0.25, -0.2) is 4.79 Å². The minimum absolute atomic E-state index is 0.540. The number of carbonyl (C=O) groups excluding carboxylic acids is 1. The first-order chi connectivity index (χ1) is 9.27. The first kappa shape index (κ1) is 16.4. The van der Waals surface area contributed by atoms with Crippen LogP contribution in [0.1, 0.15) is 6.92 Å². The van der Waals surface area contributed by atoms with Gasteiger partial charge in [-0.1, -0.05) is 0 Å². The summed E-state index contributed by atoms with van der Waals surface area (Å²) in [6, 6.07) is -1.21. The van der Waals surface area contributed by atoms with Gasteiger partial charge in [0.25, 0.3) is 0 Å². The Bertz CT molecular complexity index is 398. The predicted molar refractivity (Wildman–Crippen MR) is 63.2 cm³/mol. The molecule has 5 atom stereocenters. The molecule has 1 fully saturated rings. The van der Waals surface area contributed by atoms with Crippen molar-refractivity contribution in [1.29, 1.82) is 0 Å². The van der Waals surface area contributed by atoms with Gasteiger partial charge in [0.2, 0.25) is 5.91 Å². The van der Waals surface area contributed by atoms with Crippen molar-refractivity contribution in [3.8, 4) is 0 Å². The molecule has 1 aliphatic heterocycles. The third-order valence-corrected chi connectivity index (χ3v) is 2.76. The van der Waals surface area contributed by atoms with Gasteiger partial charge in [0.05, 0.1) is 6.61 Å². The molecule has 0 bridgehead atoms. The molecule has 114 valence electrons. The molecule has 1 heterocycles. The highest BCUT2D eigenvalue weighted by Gasteiger charge is 2.47. The Hall–Kier alpha value is -1.68. The number of carboxylic acids is 1. The number of ether oxygens (including phenoxy) is 2. The van der Waals surface area contributed by atoms with E-state index in [2.05, 4.69) is 11.9 Å². The molecule has 5 N–H and O–H groups in total. The van der Waals surface area contributed by atoms with Crippen LogP contribution in [-0.4, -0.2) is 69.6 Å². The van der Waals surface area contributed by atoms with Gasteiger partial charge in [-0.2, -0.15) is 0 Å². The molecule has 0 aliphatic carbocycles. The molecule has 1 unspecified atom stereocenters. The number of aliphatic carboxylic acids is 1. The molecule has 0 aromatic carbocycles. The summed E-state index contributed by atoms with van der Waals surface area (Å²) in [5.41, 5.74) is 0. The van der Waals surface area contributed by atoms with Crippen molar-refractivity contribution < 1.29 is 39.5 Å². The Kier molecular flexibility index (Phi) is 5.45. The maximum absolute atomic E-state index is 11.1. The first-order valence-electron chi connectivity index (χ1n) is 5.76. The number of amides is 1. The molecular formula is C11H17NO8.